The average molecular weight is 311 g/mol. The van der Waals surface area contributed by atoms with Gasteiger partial charge in [-0.2, -0.15) is 13.2 Å². The Kier molecular flexibility index (Phi) is 6.07. The molecule has 2 rings (SSSR count). The first kappa shape index (κ1) is 17.0. The van der Waals surface area contributed by atoms with Crippen molar-refractivity contribution in [3.63, 3.8) is 0 Å². The van der Waals surface area contributed by atoms with Gasteiger partial charge in [0.05, 0.1) is 6.61 Å². The van der Waals surface area contributed by atoms with Crippen molar-refractivity contribution in [2.45, 2.75) is 32.0 Å². The zero-order chi connectivity index (χ0) is 13.9. The molecule has 2 heterocycles. The van der Waals surface area contributed by atoms with E-state index in [9.17, 15) is 13.2 Å². The van der Waals surface area contributed by atoms with Gasteiger partial charge >= 0.3 is 6.18 Å². The maximum atomic E-state index is 12.7. The Balaban J connectivity index is 0.00000200. The third-order valence-electron chi connectivity index (χ3n) is 3.28. The second kappa shape index (κ2) is 7.13. The van der Waals surface area contributed by atoms with Crippen LogP contribution < -0.4 is 10.1 Å². The molecule has 7 heteroatoms. The van der Waals surface area contributed by atoms with Crippen LogP contribution in [-0.4, -0.2) is 24.2 Å². The van der Waals surface area contributed by atoms with Crippen molar-refractivity contribution >= 4 is 12.4 Å². The lowest BCUT2D eigenvalue weighted by molar-refractivity contribution is -0.142. The highest BCUT2D eigenvalue weighted by Crippen LogP contribution is 2.34. The van der Waals surface area contributed by atoms with Crippen LogP contribution in [0.15, 0.2) is 18.3 Å². The van der Waals surface area contributed by atoms with E-state index in [1.807, 2.05) is 0 Å². The molecule has 1 aromatic rings. The summed E-state index contributed by atoms with van der Waals surface area (Å²) in [5.74, 6) is 0.0612. The van der Waals surface area contributed by atoms with Crippen molar-refractivity contribution in [2.24, 2.45) is 5.92 Å². The van der Waals surface area contributed by atoms with E-state index >= 15 is 0 Å². The number of hydrogen-bond acceptors (Lipinski definition) is 3. The van der Waals surface area contributed by atoms with E-state index in [0.29, 0.717) is 6.04 Å². The van der Waals surface area contributed by atoms with Gasteiger partial charge in [-0.1, -0.05) is 0 Å². The van der Waals surface area contributed by atoms with Crippen LogP contribution in [0.4, 0.5) is 13.2 Å². The van der Waals surface area contributed by atoms with Crippen LogP contribution >= 0.6 is 12.4 Å². The quantitative estimate of drug-likeness (QED) is 0.930. The predicted molar refractivity (Wildman–Crippen MR) is 72.2 cm³/mol. The van der Waals surface area contributed by atoms with Crippen molar-refractivity contribution in [1.29, 1.82) is 0 Å². The number of ether oxygens (including phenoxy) is 1. The standard InChI is InChI=1S/C13H17F3N2O.ClH/c1-9-4-5-10(7-18-9)8-19-11-3-2-6-17-12(11)13(14,15)16;/h2-3,6,9-10,18H,4-5,7-8H2,1H3;1H. The number of halogens is 4. The summed E-state index contributed by atoms with van der Waals surface area (Å²) in [7, 11) is 0. The first-order chi connectivity index (χ1) is 8.97. The maximum absolute atomic E-state index is 12.7. The Morgan fingerprint density at radius 2 is 2.15 bits per heavy atom. The van der Waals surface area contributed by atoms with Crippen LogP contribution in [0.2, 0.25) is 0 Å². The fourth-order valence-corrected chi connectivity index (χ4v) is 2.13. The third kappa shape index (κ3) is 4.52. The van der Waals surface area contributed by atoms with Crippen molar-refractivity contribution in [3.8, 4) is 5.75 Å². The highest BCUT2D eigenvalue weighted by Gasteiger charge is 2.36. The molecule has 1 aliphatic rings. The molecule has 0 aliphatic carbocycles. The molecule has 114 valence electrons. The van der Waals surface area contributed by atoms with E-state index in [1.54, 1.807) is 0 Å². The Labute approximate surface area is 122 Å². The summed E-state index contributed by atoms with van der Waals surface area (Å²) >= 11 is 0. The van der Waals surface area contributed by atoms with Gasteiger partial charge in [-0.05, 0) is 31.9 Å². The van der Waals surface area contributed by atoms with Gasteiger partial charge in [0, 0.05) is 24.7 Å². The molecule has 1 fully saturated rings. The van der Waals surface area contributed by atoms with Crippen LogP contribution in [0.5, 0.6) is 5.75 Å². The number of piperidine rings is 1. The molecule has 0 amide bonds. The molecule has 2 atom stereocenters. The number of pyridine rings is 1. The first-order valence-corrected chi connectivity index (χ1v) is 6.35. The Bertz CT molecular complexity index is 420. The molecule has 1 aliphatic heterocycles. The number of aromatic nitrogens is 1. The molecular formula is C13H18ClF3N2O. The lowest BCUT2D eigenvalue weighted by Gasteiger charge is -2.27. The average Bonchev–Trinajstić information content (AvgIpc) is 2.37. The summed E-state index contributed by atoms with van der Waals surface area (Å²) in [5.41, 5.74) is -0.952. The third-order valence-corrected chi connectivity index (χ3v) is 3.28. The molecule has 3 nitrogen and oxygen atoms in total. The number of hydrogen-bond donors (Lipinski definition) is 1. The number of alkyl halides is 3. The summed E-state index contributed by atoms with van der Waals surface area (Å²) in [4.78, 5) is 3.36. The van der Waals surface area contributed by atoms with E-state index in [2.05, 4.69) is 17.2 Å². The molecule has 0 aromatic carbocycles. The maximum Gasteiger partial charge on any atom is 0.437 e. The second-order valence-electron chi connectivity index (χ2n) is 4.91. The molecule has 0 saturated carbocycles. The van der Waals surface area contributed by atoms with Crippen LogP contribution in [0.1, 0.15) is 25.5 Å². The summed E-state index contributed by atoms with van der Waals surface area (Å²) in [6.45, 7) is 3.16. The summed E-state index contributed by atoms with van der Waals surface area (Å²) in [6, 6.07) is 3.24. The molecule has 1 N–H and O–H groups in total. The SMILES string of the molecule is CC1CCC(COc2cccnc2C(F)(F)F)CN1.Cl. The second-order valence-corrected chi connectivity index (χ2v) is 4.91. The van der Waals surface area contributed by atoms with Gasteiger partial charge in [0.2, 0.25) is 0 Å². The van der Waals surface area contributed by atoms with E-state index in [0.717, 1.165) is 25.6 Å². The summed E-state index contributed by atoms with van der Waals surface area (Å²) in [6.07, 6.45) is -1.36. The zero-order valence-corrected chi connectivity index (χ0v) is 11.9. The topological polar surface area (TPSA) is 34.1 Å². The van der Waals surface area contributed by atoms with Crippen molar-refractivity contribution in [2.75, 3.05) is 13.2 Å². The van der Waals surface area contributed by atoms with Crippen LogP contribution in [0.25, 0.3) is 0 Å². The Morgan fingerprint density at radius 1 is 1.40 bits per heavy atom. The fraction of sp³-hybridized carbons (Fsp3) is 0.615. The molecular weight excluding hydrogens is 293 g/mol. The van der Waals surface area contributed by atoms with Gasteiger partial charge in [0.25, 0.3) is 0 Å². The first-order valence-electron chi connectivity index (χ1n) is 6.35. The highest BCUT2D eigenvalue weighted by molar-refractivity contribution is 5.85. The molecule has 20 heavy (non-hydrogen) atoms. The minimum absolute atomic E-state index is 0. The summed E-state index contributed by atoms with van der Waals surface area (Å²) < 4.78 is 43.4. The largest absolute Gasteiger partial charge is 0.491 e. The molecule has 1 aromatic heterocycles. The van der Waals surface area contributed by atoms with Crippen LogP contribution in [0, 0.1) is 5.92 Å². The molecule has 0 bridgehead atoms. The Morgan fingerprint density at radius 3 is 2.75 bits per heavy atom. The molecule has 0 spiro atoms. The monoisotopic (exact) mass is 310 g/mol. The minimum atomic E-state index is -4.48. The lowest BCUT2D eigenvalue weighted by Crippen LogP contribution is -2.39. The van der Waals surface area contributed by atoms with Crippen molar-refractivity contribution in [3.05, 3.63) is 24.0 Å². The number of rotatable bonds is 3. The van der Waals surface area contributed by atoms with Gasteiger partial charge in [-0.3, -0.25) is 0 Å². The molecule has 0 radical (unpaired) electrons. The normalized spacial score (nSPS) is 23.0. The van der Waals surface area contributed by atoms with E-state index in [1.165, 1.54) is 12.1 Å². The highest BCUT2D eigenvalue weighted by atomic mass is 35.5. The van der Waals surface area contributed by atoms with Gasteiger partial charge < -0.3 is 10.1 Å². The minimum Gasteiger partial charge on any atom is -0.491 e. The van der Waals surface area contributed by atoms with E-state index in [4.69, 9.17) is 4.74 Å². The van der Waals surface area contributed by atoms with E-state index < -0.39 is 11.9 Å². The Hall–Kier alpha value is -1.01. The number of nitrogens with zero attached hydrogens (tertiary/aromatic N) is 1. The van der Waals surface area contributed by atoms with Crippen molar-refractivity contribution in [1.82, 2.24) is 10.3 Å². The predicted octanol–water partition coefficient (Wildman–Crippen LogP) is 3.29. The van der Waals surface area contributed by atoms with Gasteiger partial charge in [-0.15, -0.1) is 12.4 Å². The zero-order valence-electron chi connectivity index (χ0n) is 11.1. The van der Waals surface area contributed by atoms with Gasteiger partial charge in [-0.25, -0.2) is 4.98 Å². The van der Waals surface area contributed by atoms with Crippen LogP contribution in [-0.2, 0) is 6.18 Å². The van der Waals surface area contributed by atoms with E-state index in [-0.39, 0.29) is 30.7 Å². The van der Waals surface area contributed by atoms with Gasteiger partial charge in [0.1, 0.15) is 5.75 Å². The van der Waals surface area contributed by atoms with Crippen molar-refractivity contribution < 1.29 is 17.9 Å². The fourth-order valence-electron chi connectivity index (χ4n) is 2.13. The van der Waals surface area contributed by atoms with Crippen LogP contribution in [0.3, 0.4) is 0 Å². The smallest absolute Gasteiger partial charge is 0.437 e. The lowest BCUT2D eigenvalue weighted by atomic mass is 9.96. The molecule has 1 saturated heterocycles. The number of nitrogens with one attached hydrogen (secondary N) is 1. The summed E-state index contributed by atoms with van der Waals surface area (Å²) in [5, 5.41) is 3.30. The van der Waals surface area contributed by atoms with Gasteiger partial charge in [0.15, 0.2) is 5.69 Å². The molecule has 2 unspecified atom stereocenters.